The molecule has 3 aliphatic rings. The topological polar surface area (TPSA) is 138 Å². The number of nitrogens with one attached hydrogen (secondary N) is 1. The van der Waals surface area contributed by atoms with Crippen LogP contribution >= 0.6 is 0 Å². The molecule has 0 spiro atoms. The fourth-order valence-electron chi connectivity index (χ4n) is 6.98. The molecule has 12 heteroatoms. The zero-order valence-corrected chi connectivity index (χ0v) is 25.5. The molecule has 0 radical (unpaired) electrons. The van der Waals surface area contributed by atoms with E-state index in [2.05, 4.69) is 40.3 Å². The Balaban J connectivity index is 1.40. The van der Waals surface area contributed by atoms with E-state index in [9.17, 15) is 13.5 Å². The number of anilines is 5. The van der Waals surface area contributed by atoms with Crippen LogP contribution in [0, 0.1) is 5.92 Å². The first-order valence-corrected chi connectivity index (χ1v) is 16.6. The van der Waals surface area contributed by atoms with Crippen molar-refractivity contribution in [2.75, 3.05) is 52.5 Å². The van der Waals surface area contributed by atoms with Crippen LogP contribution in [0.1, 0.15) is 43.9 Å². The number of hydrogen-bond donors (Lipinski definition) is 3. The van der Waals surface area contributed by atoms with E-state index in [1.165, 1.54) is 6.26 Å². The summed E-state index contributed by atoms with van der Waals surface area (Å²) in [6.45, 7) is 13.1. The van der Waals surface area contributed by atoms with Gasteiger partial charge in [0.25, 0.3) is 0 Å². The molecule has 10 nitrogen and oxygen atoms in total. The van der Waals surface area contributed by atoms with Gasteiger partial charge in [0.1, 0.15) is 21.3 Å². The molecule has 43 heavy (non-hydrogen) atoms. The highest BCUT2D eigenvalue weighted by molar-refractivity contribution is 7.90. The molecule has 3 aromatic rings. The number of rotatable bonds is 8. The number of fused-ring (bicyclic) bond motifs is 5. The fraction of sp³-hybridized carbons (Fsp3) is 0.452. The lowest BCUT2D eigenvalue weighted by Gasteiger charge is -2.50. The van der Waals surface area contributed by atoms with E-state index in [0.29, 0.717) is 42.5 Å². The third-order valence-electron chi connectivity index (χ3n) is 9.23. The van der Waals surface area contributed by atoms with Gasteiger partial charge < -0.3 is 26.0 Å². The zero-order valence-electron chi connectivity index (χ0n) is 24.7. The Morgan fingerprint density at radius 2 is 2.09 bits per heavy atom. The molecule has 5 atom stereocenters. The van der Waals surface area contributed by atoms with Crippen molar-refractivity contribution in [1.82, 2.24) is 15.0 Å². The van der Waals surface area contributed by atoms with Crippen LogP contribution in [0.25, 0.3) is 16.3 Å². The van der Waals surface area contributed by atoms with E-state index < -0.39 is 27.5 Å². The first kappa shape index (κ1) is 29.3. The van der Waals surface area contributed by atoms with Gasteiger partial charge in [-0.1, -0.05) is 24.3 Å². The van der Waals surface area contributed by atoms with Crippen molar-refractivity contribution in [2.45, 2.75) is 50.4 Å². The maximum Gasteiger partial charge on any atom is 0.222 e. The minimum absolute atomic E-state index is 0.00399. The lowest BCUT2D eigenvalue weighted by molar-refractivity contribution is -0.0444. The molecule has 2 saturated heterocycles. The third kappa shape index (κ3) is 5.00. The SMILES string of the molecule is C=CCC1c2nc(N)nc(Nc3cc4c(C(=C)C)ccc(N5C[C@H](CS(C)(=O)=O)[C@H]5C)c4cn3)c2N2CCC(O)C1(F)C2. The molecule has 3 aliphatic heterocycles. The van der Waals surface area contributed by atoms with Gasteiger partial charge >= 0.3 is 0 Å². The minimum Gasteiger partial charge on any atom is -0.390 e. The molecule has 3 unspecified atom stereocenters. The summed E-state index contributed by atoms with van der Waals surface area (Å²) in [6.07, 6.45) is 4.19. The van der Waals surface area contributed by atoms with Crippen LogP contribution in [-0.4, -0.2) is 77.9 Å². The zero-order chi connectivity index (χ0) is 30.8. The Morgan fingerprint density at radius 3 is 2.77 bits per heavy atom. The number of aliphatic hydroxyl groups is 1. The van der Waals surface area contributed by atoms with Gasteiger partial charge in [-0.05, 0) is 49.8 Å². The number of pyridine rings is 1. The van der Waals surface area contributed by atoms with E-state index in [4.69, 9.17) is 10.7 Å². The first-order valence-electron chi connectivity index (χ1n) is 14.5. The standard InChI is InChI=1S/C31H38FN7O3S/c1-6-7-23-27-28(38-11-10-25(40)31(23,32)16-38)29(37-30(33)36-27)35-26-12-21-20(17(2)3)8-9-24(22(21)13-34-26)39-14-19(18(39)4)15-43(5,41)42/h6,8-9,12-13,18-19,23,25,40H,1-2,7,10-11,14-16H2,3-5H3,(H3,33,34,35,36,37)/t18-,19-,23?,25?,31?/m1/s1. The maximum absolute atomic E-state index is 16.3. The number of allylic oxidation sites excluding steroid dienone is 2. The van der Waals surface area contributed by atoms with Crippen molar-refractivity contribution >= 4 is 55.1 Å². The average molecular weight is 608 g/mol. The summed E-state index contributed by atoms with van der Waals surface area (Å²) in [5.74, 6) is 0.458. The van der Waals surface area contributed by atoms with Gasteiger partial charge in [-0.2, -0.15) is 4.98 Å². The lowest BCUT2D eigenvalue weighted by Crippen LogP contribution is -2.60. The van der Waals surface area contributed by atoms with Gasteiger partial charge in [0, 0.05) is 54.5 Å². The highest BCUT2D eigenvalue weighted by Crippen LogP contribution is 2.51. The first-order chi connectivity index (χ1) is 20.3. The number of aliphatic hydroxyl groups excluding tert-OH is 1. The quantitative estimate of drug-likeness (QED) is 0.320. The maximum atomic E-state index is 16.3. The van der Waals surface area contributed by atoms with Gasteiger partial charge in [-0.3, -0.25) is 0 Å². The van der Waals surface area contributed by atoms with Gasteiger partial charge in [0.05, 0.1) is 24.1 Å². The third-order valence-corrected chi connectivity index (χ3v) is 10.3. The van der Waals surface area contributed by atoms with Crippen LogP contribution in [0.4, 0.5) is 33.3 Å². The molecule has 2 bridgehead atoms. The highest BCUT2D eigenvalue weighted by atomic mass is 32.2. The number of piperidine rings is 1. The van der Waals surface area contributed by atoms with Crippen molar-refractivity contribution in [3.63, 3.8) is 0 Å². The predicted molar refractivity (Wildman–Crippen MR) is 170 cm³/mol. The number of nitrogen functional groups attached to an aromatic ring is 1. The predicted octanol–water partition coefficient (Wildman–Crippen LogP) is 4.21. The summed E-state index contributed by atoms with van der Waals surface area (Å²) in [7, 11) is -3.07. The van der Waals surface area contributed by atoms with Gasteiger partial charge in [-0.25, -0.2) is 22.8 Å². The smallest absolute Gasteiger partial charge is 0.222 e. The van der Waals surface area contributed by atoms with Crippen LogP contribution in [0.15, 0.2) is 43.6 Å². The molecule has 0 aliphatic carbocycles. The van der Waals surface area contributed by atoms with Crippen LogP contribution < -0.4 is 20.9 Å². The molecule has 0 saturated carbocycles. The van der Waals surface area contributed by atoms with Crippen molar-refractivity contribution in [3.05, 3.63) is 54.9 Å². The molecule has 2 fully saturated rings. The molecule has 4 N–H and O–H groups in total. The number of halogens is 1. The summed E-state index contributed by atoms with van der Waals surface area (Å²) in [5, 5.41) is 15.8. The number of aromatic nitrogens is 3. The molecular weight excluding hydrogens is 569 g/mol. The van der Waals surface area contributed by atoms with E-state index >= 15 is 4.39 Å². The molecule has 2 aromatic heterocycles. The summed E-state index contributed by atoms with van der Waals surface area (Å²) in [4.78, 5) is 17.8. The van der Waals surface area contributed by atoms with Crippen LogP contribution in [-0.2, 0) is 9.84 Å². The van der Waals surface area contributed by atoms with Crippen molar-refractivity contribution in [1.29, 1.82) is 0 Å². The van der Waals surface area contributed by atoms with E-state index in [1.54, 1.807) is 12.3 Å². The van der Waals surface area contributed by atoms with E-state index in [0.717, 1.165) is 27.6 Å². The summed E-state index contributed by atoms with van der Waals surface area (Å²) < 4.78 is 40.1. The Hall–Kier alpha value is -3.77. The van der Waals surface area contributed by atoms with E-state index in [-0.39, 0.29) is 36.6 Å². The Kier molecular flexibility index (Phi) is 7.12. The Bertz CT molecular complexity index is 1750. The summed E-state index contributed by atoms with van der Waals surface area (Å²) in [6, 6.07) is 6.08. The molecule has 228 valence electrons. The minimum atomic E-state index is -3.07. The normalized spacial score (nSPS) is 26.5. The van der Waals surface area contributed by atoms with Crippen LogP contribution in [0.3, 0.4) is 0 Å². The van der Waals surface area contributed by atoms with Crippen molar-refractivity contribution in [3.8, 4) is 0 Å². The fourth-order valence-corrected chi connectivity index (χ4v) is 8.15. The molecule has 5 heterocycles. The van der Waals surface area contributed by atoms with E-state index in [1.807, 2.05) is 30.0 Å². The van der Waals surface area contributed by atoms with Crippen LogP contribution in [0.2, 0.25) is 0 Å². The summed E-state index contributed by atoms with van der Waals surface area (Å²) in [5.41, 5.74) is 8.22. The molecule has 1 aromatic carbocycles. The second-order valence-electron chi connectivity index (χ2n) is 12.3. The second-order valence-corrected chi connectivity index (χ2v) is 14.5. The average Bonchev–Trinajstić information content (AvgIpc) is 2.93. The summed E-state index contributed by atoms with van der Waals surface area (Å²) >= 11 is 0. The number of sulfone groups is 1. The molecule has 6 rings (SSSR count). The molecule has 0 amide bonds. The second kappa shape index (κ2) is 10.4. The number of nitrogens with two attached hydrogens (primary N) is 1. The Morgan fingerprint density at radius 1 is 1.33 bits per heavy atom. The lowest BCUT2D eigenvalue weighted by atomic mass is 9.73. The van der Waals surface area contributed by atoms with Crippen molar-refractivity contribution in [2.24, 2.45) is 5.92 Å². The Labute approximate surface area is 251 Å². The monoisotopic (exact) mass is 607 g/mol. The van der Waals surface area contributed by atoms with Gasteiger partial charge in [-0.15, -0.1) is 6.58 Å². The number of hydrogen-bond acceptors (Lipinski definition) is 10. The number of alkyl halides is 1. The van der Waals surface area contributed by atoms with Gasteiger partial charge in [0.2, 0.25) is 5.95 Å². The number of benzene rings is 1. The largest absolute Gasteiger partial charge is 0.390 e. The van der Waals surface area contributed by atoms with Crippen LogP contribution in [0.5, 0.6) is 0 Å². The van der Waals surface area contributed by atoms with Gasteiger partial charge in [0.15, 0.2) is 11.5 Å². The van der Waals surface area contributed by atoms with Crippen molar-refractivity contribution < 1.29 is 17.9 Å². The molecular formula is C31H38FN7O3S. The highest BCUT2D eigenvalue weighted by Gasteiger charge is 2.55. The number of nitrogens with zero attached hydrogens (tertiary/aromatic N) is 5.